The van der Waals surface area contributed by atoms with E-state index in [1.807, 2.05) is 84.9 Å². The molecule has 3 aromatic rings. The van der Waals surface area contributed by atoms with E-state index in [9.17, 15) is 24.3 Å². The second-order valence-electron chi connectivity index (χ2n) is 13.8. The normalized spacial score (nSPS) is 15.1. The first-order chi connectivity index (χ1) is 26.3. The quantitative estimate of drug-likeness (QED) is 0.0612. The van der Waals surface area contributed by atoms with Gasteiger partial charge < -0.3 is 30.1 Å². The van der Waals surface area contributed by atoms with Crippen LogP contribution in [-0.2, 0) is 49.9 Å². The van der Waals surface area contributed by atoms with Gasteiger partial charge in [-0.25, -0.2) is 4.79 Å². The van der Waals surface area contributed by atoms with Gasteiger partial charge >= 0.3 is 12.1 Å². The molecule has 54 heavy (non-hydrogen) atoms. The number of hydrogen-bond donors (Lipinski definition) is 3. The molecule has 1 aliphatic heterocycles. The maximum Gasteiger partial charge on any atom is 0.407 e. The summed E-state index contributed by atoms with van der Waals surface area (Å²) >= 11 is 0. The minimum absolute atomic E-state index is 0.0409. The van der Waals surface area contributed by atoms with E-state index in [0.717, 1.165) is 22.3 Å². The zero-order chi connectivity index (χ0) is 38.5. The molecule has 0 bridgehead atoms. The molecule has 10 nitrogen and oxygen atoms in total. The predicted octanol–water partition coefficient (Wildman–Crippen LogP) is 6.46. The van der Waals surface area contributed by atoms with E-state index in [0.29, 0.717) is 58.0 Å². The van der Waals surface area contributed by atoms with Crippen molar-refractivity contribution in [1.82, 2.24) is 15.5 Å². The van der Waals surface area contributed by atoms with E-state index >= 15 is 0 Å². The van der Waals surface area contributed by atoms with Crippen LogP contribution in [0.5, 0.6) is 0 Å². The highest BCUT2D eigenvalue weighted by atomic mass is 16.5. The van der Waals surface area contributed by atoms with E-state index in [-0.39, 0.29) is 62.4 Å². The van der Waals surface area contributed by atoms with Crippen LogP contribution in [0.25, 0.3) is 0 Å². The van der Waals surface area contributed by atoms with Crippen LogP contribution in [0.15, 0.2) is 110 Å². The van der Waals surface area contributed by atoms with Crippen molar-refractivity contribution in [1.29, 1.82) is 0 Å². The summed E-state index contributed by atoms with van der Waals surface area (Å²) in [5.41, 5.74) is 4.05. The fourth-order valence-corrected chi connectivity index (χ4v) is 6.67. The molecular formula is C44H55N3O7. The molecule has 0 spiro atoms. The summed E-state index contributed by atoms with van der Waals surface area (Å²) in [5, 5.41) is 16.0. The Balaban J connectivity index is 1.37. The van der Waals surface area contributed by atoms with Crippen molar-refractivity contribution >= 4 is 23.9 Å². The number of unbranched alkanes of at least 4 members (excludes halogenated alkanes) is 1. The molecular weight excluding hydrogens is 682 g/mol. The zero-order valence-corrected chi connectivity index (χ0v) is 31.2. The van der Waals surface area contributed by atoms with Crippen LogP contribution < -0.4 is 10.6 Å². The molecule has 4 rings (SSSR count). The molecule has 10 heteroatoms. The SMILES string of the molecule is C=CCCC(Cc1ccccc1)C(=O)OCC(CCCCNC(=O)OCc1ccccc1)NC(=O)C(CC=C)CC(=O)N1Cc2ccccc2CC1CO. The summed E-state index contributed by atoms with van der Waals surface area (Å²) in [6.45, 7) is 8.33. The number of carbonyl (C=O) groups excluding carboxylic acids is 4. The van der Waals surface area contributed by atoms with Crippen LogP contribution in [0.3, 0.4) is 0 Å². The molecule has 0 aliphatic carbocycles. The topological polar surface area (TPSA) is 134 Å². The number of nitrogens with zero attached hydrogens (tertiary/aromatic N) is 1. The lowest BCUT2D eigenvalue weighted by Gasteiger charge is -2.36. The summed E-state index contributed by atoms with van der Waals surface area (Å²) in [6, 6.07) is 26.2. The van der Waals surface area contributed by atoms with E-state index in [4.69, 9.17) is 9.47 Å². The lowest BCUT2D eigenvalue weighted by atomic mass is 9.92. The van der Waals surface area contributed by atoms with Gasteiger partial charge in [0, 0.05) is 19.5 Å². The molecule has 3 N–H and O–H groups in total. The third kappa shape index (κ3) is 13.6. The lowest BCUT2D eigenvalue weighted by Crippen LogP contribution is -2.48. The Hall–Kier alpha value is -5.22. The van der Waals surface area contributed by atoms with Gasteiger partial charge in [0.25, 0.3) is 0 Å². The highest BCUT2D eigenvalue weighted by Crippen LogP contribution is 2.25. The van der Waals surface area contributed by atoms with Gasteiger partial charge in [0.15, 0.2) is 0 Å². The van der Waals surface area contributed by atoms with Gasteiger partial charge in [-0.2, -0.15) is 0 Å². The molecule has 0 saturated heterocycles. The number of ether oxygens (including phenoxy) is 2. The number of rotatable bonds is 22. The summed E-state index contributed by atoms with van der Waals surface area (Å²) < 4.78 is 11.2. The summed E-state index contributed by atoms with van der Waals surface area (Å²) in [4.78, 5) is 54.9. The molecule has 3 amide bonds. The number of amides is 3. The van der Waals surface area contributed by atoms with E-state index < -0.39 is 18.1 Å². The maximum absolute atomic E-state index is 13.8. The van der Waals surface area contributed by atoms with Crippen LogP contribution >= 0.6 is 0 Å². The number of aliphatic hydroxyl groups excluding tert-OH is 1. The fourth-order valence-electron chi connectivity index (χ4n) is 6.67. The van der Waals surface area contributed by atoms with Crippen molar-refractivity contribution in [2.24, 2.45) is 11.8 Å². The fraction of sp³-hybridized carbons (Fsp3) is 0.409. The first-order valence-electron chi connectivity index (χ1n) is 19.0. The number of allylic oxidation sites excluding steroid dienone is 2. The highest BCUT2D eigenvalue weighted by molar-refractivity contribution is 5.86. The number of carbonyl (C=O) groups is 4. The second kappa shape index (κ2) is 22.8. The molecule has 0 saturated carbocycles. The van der Waals surface area contributed by atoms with Crippen LogP contribution in [0.1, 0.15) is 67.2 Å². The molecule has 4 atom stereocenters. The Morgan fingerprint density at radius 3 is 2.20 bits per heavy atom. The molecule has 0 aromatic heterocycles. The van der Waals surface area contributed by atoms with Gasteiger partial charge in [-0.1, -0.05) is 97.1 Å². The number of fused-ring (bicyclic) bond motifs is 1. The van der Waals surface area contributed by atoms with Gasteiger partial charge in [-0.3, -0.25) is 14.4 Å². The minimum Gasteiger partial charge on any atom is -0.463 e. The standard InChI is InChI=1S/C44H55N3O7/c1-3-5-21-37(26-33-17-8-6-9-18-33)43(51)53-32-39(24-14-15-25-45-44(52)54-31-34-19-10-7-11-20-34)46-42(50)36(16-4-2)28-41(49)47-29-38-23-13-12-22-35(38)27-40(47)30-48/h3-4,6-13,17-20,22-23,36-37,39-40,48H,1-2,5,14-16,21,24-32H2,(H,45,52)(H,46,50). The largest absolute Gasteiger partial charge is 0.463 e. The third-order valence-corrected chi connectivity index (χ3v) is 9.74. The first-order valence-corrected chi connectivity index (χ1v) is 19.0. The van der Waals surface area contributed by atoms with Crippen molar-refractivity contribution < 1.29 is 33.8 Å². The lowest BCUT2D eigenvalue weighted by molar-refractivity contribution is -0.150. The molecule has 288 valence electrons. The van der Waals surface area contributed by atoms with E-state index in [1.165, 1.54) is 0 Å². The zero-order valence-electron chi connectivity index (χ0n) is 31.2. The third-order valence-electron chi connectivity index (χ3n) is 9.74. The average Bonchev–Trinajstić information content (AvgIpc) is 3.20. The van der Waals surface area contributed by atoms with Crippen molar-refractivity contribution in [2.75, 3.05) is 19.8 Å². The number of esters is 1. The van der Waals surface area contributed by atoms with Gasteiger partial charge in [0.05, 0.1) is 30.5 Å². The monoisotopic (exact) mass is 737 g/mol. The Kier molecular flexibility index (Phi) is 17.5. The average molecular weight is 738 g/mol. The van der Waals surface area contributed by atoms with E-state index in [2.05, 4.69) is 23.8 Å². The van der Waals surface area contributed by atoms with Crippen LogP contribution in [0.4, 0.5) is 4.79 Å². The highest BCUT2D eigenvalue weighted by Gasteiger charge is 2.32. The van der Waals surface area contributed by atoms with Crippen LogP contribution in [0, 0.1) is 11.8 Å². The summed E-state index contributed by atoms with van der Waals surface area (Å²) in [5.74, 6) is -1.99. The van der Waals surface area contributed by atoms with Gasteiger partial charge in [0.2, 0.25) is 11.8 Å². The molecule has 3 aromatic carbocycles. The van der Waals surface area contributed by atoms with Crippen LogP contribution in [0.2, 0.25) is 0 Å². The van der Waals surface area contributed by atoms with Crippen molar-refractivity contribution in [3.63, 3.8) is 0 Å². The molecule has 4 unspecified atom stereocenters. The predicted molar refractivity (Wildman–Crippen MR) is 209 cm³/mol. The number of alkyl carbamates (subject to hydrolysis) is 1. The second-order valence-corrected chi connectivity index (χ2v) is 13.8. The molecule has 1 heterocycles. The number of benzene rings is 3. The van der Waals surface area contributed by atoms with E-state index in [1.54, 1.807) is 17.1 Å². The van der Waals surface area contributed by atoms with Crippen molar-refractivity contribution in [2.45, 2.75) is 83.0 Å². The van der Waals surface area contributed by atoms with Gasteiger partial charge in [0.1, 0.15) is 13.2 Å². The van der Waals surface area contributed by atoms with Gasteiger partial charge in [-0.05, 0) is 73.6 Å². The smallest absolute Gasteiger partial charge is 0.407 e. The van der Waals surface area contributed by atoms with Crippen LogP contribution in [-0.4, -0.2) is 65.7 Å². The number of nitrogens with one attached hydrogen (secondary N) is 2. The maximum atomic E-state index is 13.8. The molecule has 1 aliphatic rings. The van der Waals surface area contributed by atoms with Gasteiger partial charge in [-0.15, -0.1) is 13.2 Å². The summed E-state index contributed by atoms with van der Waals surface area (Å²) in [7, 11) is 0. The first kappa shape index (κ1) is 41.5. The summed E-state index contributed by atoms with van der Waals surface area (Å²) in [6.07, 6.45) is 7.10. The number of hydrogen-bond acceptors (Lipinski definition) is 7. The van der Waals surface area contributed by atoms with Crippen molar-refractivity contribution in [3.05, 3.63) is 132 Å². The van der Waals surface area contributed by atoms with Crippen molar-refractivity contribution in [3.8, 4) is 0 Å². The Morgan fingerprint density at radius 1 is 0.833 bits per heavy atom. The Morgan fingerprint density at radius 2 is 1.52 bits per heavy atom. The Bertz CT molecular complexity index is 1650. The molecule has 0 fully saturated rings. The Labute approximate surface area is 319 Å². The minimum atomic E-state index is -0.704. The molecule has 0 radical (unpaired) electrons. The number of aliphatic hydroxyl groups is 1.